The predicted molar refractivity (Wildman–Crippen MR) is 77.9 cm³/mol. The lowest BCUT2D eigenvalue weighted by Crippen LogP contribution is -2.37. The van der Waals surface area contributed by atoms with Gasteiger partial charge in [-0.1, -0.05) is 13.0 Å². The maximum absolute atomic E-state index is 12.6. The van der Waals surface area contributed by atoms with Crippen LogP contribution in [0.4, 0.5) is 0 Å². The first-order chi connectivity index (χ1) is 9.96. The van der Waals surface area contributed by atoms with Crippen LogP contribution in [0.15, 0.2) is 18.2 Å². The van der Waals surface area contributed by atoms with Crippen molar-refractivity contribution in [1.29, 1.82) is 0 Å². The third-order valence-electron chi connectivity index (χ3n) is 3.22. The van der Waals surface area contributed by atoms with E-state index < -0.39 is 11.9 Å². The summed E-state index contributed by atoms with van der Waals surface area (Å²) in [6.45, 7) is 3.93. The number of carboxylic acids is 1. The summed E-state index contributed by atoms with van der Waals surface area (Å²) in [5.41, 5.74) is 0.358. The van der Waals surface area contributed by atoms with Gasteiger partial charge in [-0.05, 0) is 19.1 Å². The van der Waals surface area contributed by atoms with E-state index in [0.717, 1.165) is 0 Å². The molecule has 0 aliphatic heterocycles. The van der Waals surface area contributed by atoms with Crippen LogP contribution in [0.1, 0.15) is 24.2 Å². The first-order valence-corrected chi connectivity index (χ1v) is 6.69. The van der Waals surface area contributed by atoms with Crippen molar-refractivity contribution in [2.24, 2.45) is 5.92 Å². The average molecular weight is 295 g/mol. The van der Waals surface area contributed by atoms with Gasteiger partial charge in [0, 0.05) is 13.1 Å². The van der Waals surface area contributed by atoms with Crippen LogP contribution in [0.25, 0.3) is 0 Å². The Kier molecular flexibility index (Phi) is 6.02. The number of benzene rings is 1. The lowest BCUT2D eigenvalue weighted by atomic mass is 10.1. The molecule has 21 heavy (non-hydrogen) atoms. The second-order valence-corrected chi connectivity index (χ2v) is 4.62. The molecule has 1 unspecified atom stereocenters. The Morgan fingerprint density at radius 1 is 1.29 bits per heavy atom. The Balaban J connectivity index is 3.08. The molecule has 0 heterocycles. The van der Waals surface area contributed by atoms with Crippen LogP contribution in [-0.2, 0) is 4.79 Å². The summed E-state index contributed by atoms with van der Waals surface area (Å²) in [6, 6.07) is 5.03. The standard InChI is InChI=1S/C15H21NO5/c1-5-16(9-10(2)15(18)19)14(17)11-7-6-8-12(20-3)13(11)21-4/h6-8,10H,5,9H2,1-4H3,(H,18,19). The van der Waals surface area contributed by atoms with Gasteiger partial charge in [0.25, 0.3) is 5.91 Å². The van der Waals surface area contributed by atoms with Crippen molar-refractivity contribution >= 4 is 11.9 Å². The topological polar surface area (TPSA) is 76.1 Å². The number of ether oxygens (including phenoxy) is 2. The van der Waals surface area contributed by atoms with Gasteiger partial charge in [-0.2, -0.15) is 0 Å². The first kappa shape index (κ1) is 16.8. The molecule has 0 fully saturated rings. The van der Waals surface area contributed by atoms with Crippen molar-refractivity contribution in [3.05, 3.63) is 23.8 Å². The number of hydrogen-bond donors (Lipinski definition) is 1. The van der Waals surface area contributed by atoms with Crippen molar-refractivity contribution in [2.45, 2.75) is 13.8 Å². The number of aliphatic carboxylic acids is 1. The van der Waals surface area contributed by atoms with Crippen LogP contribution in [0.2, 0.25) is 0 Å². The number of rotatable bonds is 7. The number of carbonyl (C=O) groups is 2. The zero-order valence-corrected chi connectivity index (χ0v) is 12.8. The minimum atomic E-state index is -0.932. The molecule has 0 aliphatic rings. The van der Waals surface area contributed by atoms with Crippen molar-refractivity contribution in [3.63, 3.8) is 0 Å². The molecular formula is C15H21NO5. The number of amides is 1. The van der Waals surface area contributed by atoms with Crippen LogP contribution in [0, 0.1) is 5.92 Å². The fourth-order valence-electron chi connectivity index (χ4n) is 1.99. The smallest absolute Gasteiger partial charge is 0.308 e. The van der Waals surface area contributed by atoms with Crippen LogP contribution >= 0.6 is 0 Å². The Morgan fingerprint density at radius 2 is 1.95 bits per heavy atom. The summed E-state index contributed by atoms with van der Waals surface area (Å²) >= 11 is 0. The van der Waals surface area contributed by atoms with Gasteiger partial charge in [-0.15, -0.1) is 0 Å². The van der Waals surface area contributed by atoms with E-state index in [0.29, 0.717) is 23.6 Å². The highest BCUT2D eigenvalue weighted by Gasteiger charge is 2.24. The van der Waals surface area contributed by atoms with Gasteiger partial charge in [0.1, 0.15) is 0 Å². The van der Waals surface area contributed by atoms with E-state index in [9.17, 15) is 9.59 Å². The van der Waals surface area contributed by atoms with Gasteiger partial charge in [-0.25, -0.2) is 0 Å². The highest BCUT2D eigenvalue weighted by atomic mass is 16.5. The van der Waals surface area contributed by atoms with E-state index >= 15 is 0 Å². The molecule has 1 rings (SSSR count). The van der Waals surface area contributed by atoms with Crippen molar-refractivity contribution in [2.75, 3.05) is 27.3 Å². The second-order valence-electron chi connectivity index (χ2n) is 4.62. The number of para-hydroxylation sites is 1. The summed E-state index contributed by atoms with van der Waals surface area (Å²) in [7, 11) is 2.96. The minimum Gasteiger partial charge on any atom is -0.493 e. The lowest BCUT2D eigenvalue weighted by molar-refractivity contribution is -0.141. The summed E-state index contributed by atoms with van der Waals surface area (Å²) in [5.74, 6) is -1.03. The zero-order valence-electron chi connectivity index (χ0n) is 12.8. The molecule has 0 saturated heterocycles. The van der Waals surface area contributed by atoms with E-state index in [1.54, 1.807) is 32.0 Å². The van der Waals surface area contributed by atoms with Gasteiger partial charge in [0.2, 0.25) is 0 Å². The summed E-state index contributed by atoms with van der Waals surface area (Å²) in [4.78, 5) is 25.0. The maximum atomic E-state index is 12.6. The van der Waals surface area contributed by atoms with Gasteiger partial charge in [0.05, 0.1) is 25.7 Å². The molecular weight excluding hydrogens is 274 g/mol. The first-order valence-electron chi connectivity index (χ1n) is 6.69. The van der Waals surface area contributed by atoms with Crippen molar-refractivity contribution in [1.82, 2.24) is 4.90 Å². The number of hydrogen-bond acceptors (Lipinski definition) is 4. The molecule has 0 bridgehead atoms. The molecule has 116 valence electrons. The molecule has 1 aromatic carbocycles. The molecule has 6 nitrogen and oxygen atoms in total. The van der Waals surface area contributed by atoms with Crippen molar-refractivity contribution < 1.29 is 24.2 Å². The Morgan fingerprint density at radius 3 is 2.43 bits per heavy atom. The average Bonchev–Trinajstić information content (AvgIpc) is 2.50. The van der Waals surface area contributed by atoms with E-state index in [-0.39, 0.29) is 12.5 Å². The lowest BCUT2D eigenvalue weighted by Gasteiger charge is -2.24. The van der Waals surface area contributed by atoms with Crippen LogP contribution < -0.4 is 9.47 Å². The molecule has 0 saturated carbocycles. The Bertz CT molecular complexity index is 515. The third kappa shape index (κ3) is 3.87. The SMILES string of the molecule is CCN(CC(C)C(=O)O)C(=O)c1cccc(OC)c1OC. The summed E-state index contributed by atoms with van der Waals surface area (Å²) in [5, 5.41) is 8.98. The van der Waals surface area contributed by atoms with Gasteiger partial charge < -0.3 is 19.5 Å². The quantitative estimate of drug-likeness (QED) is 0.831. The van der Waals surface area contributed by atoms with Gasteiger partial charge >= 0.3 is 5.97 Å². The van der Waals surface area contributed by atoms with Gasteiger partial charge in [0.15, 0.2) is 11.5 Å². The zero-order chi connectivity index (χ0) is 16.0. The van der Waals surface area contributed by atoms with Crippen LogP contribution in [-0.4, -0.2) is 49.2 Å². The molecule has 0 aliphatic carbocycles. The number of carbonyl (C=O) groups excluding carboxylic acids is 1. The molecule has 0 radical (unpaired) electrons. The molecule has 1 amide bonds. The predicted octanol–water partition coefficient (Wildman–Crippen LogP) is 1.89. The molecule has 1 N–H and O–H groups in total. The number of nitrogens with zero attached hydrogens (tertiary/aromatic N) is 1. The highest BCUT2D eigenvalue weighted by Crippen LogP contribution is 2.31. The largest absolute Gasteiger partial charge is 0.493 e. The Hall–Kier alpha value is -2.24. The van der Waals surface area contributed by atoms with Gasteiger partial charge in [-0.3, -0.25) is 9.59 Å². The van der Waals surface area contributed by atoms with E-state index in [1.165, 1.54) is 19.1 Å². The fraction of sp³-hybridized carbons (Fsp3) is 0.467. The maximum Gasteiger partial charge on any atom is 0.308 e. The summed E-state index contributed by atoms with van der Waals surface area (Å²) < 4.78 is 10.4. The molecule has 0 aromatic heterocycles. The van der Waals surface area contributed by atoms with E-state index in [2.05, 4.69) is 0 Å². The molecule has 1 atom stereocenters. The molecule has 6 heteroatoms. The number of carboxylic acid groups (broad SMARTS) is 1. The highest BCUT2D eigenvalue weighted by molar-refractivity contribution is 5.98. The van der Waals surface area contributed by atoms with E-state index in [4.69, 9.17) is 14.6 Å². The van der Waals surface area contributed by atoms with Crippen LogP contribution in [0.3, 0.4) is 0 Å². The molecule has 1 aromatic rings. The van der Waals surface area contributed by atoms with Crippen LogP contribution in [0.5, 0.6) is 11.5 Å². The minimum absolute atomic E-state index is 0.144. The van der Waals surface area contributed by atoms with E-state index in [1.807, 2.05) is 0 Å². The summed E-state index contributed by atoms with van der Waals surface area (Å²) in [6.07, 6.45) is 0. The second kappa shape index (κ2) is 7.52. The molecule has 0 spiro atoms. The normalized spacial score (nSPS) is 11.6. The van der Waals surface area contributed by atoms with Crippen molar-refractivity contribution in [3.8, 4) is 11.5 Å². The Labute approximate surface area is 124 Å². The fourth-order valence-corrected chi connectivity index (χ4v) is 1.99. The monoisotopic (exact) mass is 295 g/mol. The third-order valence-corrected chi connectivity index (χ3v) is 3.22. The number of methoxy groups -OCH3 is 2.